The lowest BCUT2D eigenvalue weighted by molar-refractivity contribution is -0.137. The Bertz CT molecular complexity index is 911. The van der Waals surface area contributed by atoms with Gasteiger partial charge >= 0.3 is 6.18 Å². The molecule has 1 amide bonds. The number of ether oxygens (including phenoxy) is 1. The van der Waals surface area contributed by atoms with Crippen LogP contribution in [0.15, 0.2) is 42.5 Å². The van der Waals surface area contributed by atoms with Crippen LogP contribution in [0.4, 0.5) is 30.2 Å². The van der Waals surface area contributed by atoms with E-state index in [4.69, 9.17) is 4.74 Å². The largest absolute Gasteiger partial charge is 0.416 e. The van der Waals surface area contributed by atoms with E-state index in [-0.39, 0.29) is 18.1 Å². The molecule has 160 valence electrons. The molecule has 2 heterocycles. The number of anilines is 3. The lowest BCUT2D eigenvalue weighted by Gasteiger charge is -2.32. The minimum atomic E-state index is -4.48. The van der Waals surface area contributed by atoms with E-state index in [2.05, 4.69) is 5.32 Å². The van der Waals surface area contributed by atoms with E-state index in [1.165, 1.54) is 11.6 Å². The van der Waals surface area contributed by atoms with Crippen molar-refractivity contribution < 1.29 is 22.7 Å². The van der Waals surface area contributed by atoms with Gasteiger partial charge in [-0.2, -0.15) is 13.2 Å². The van der Waals surface area contributed by atoms with Gasteiger partial charge in [-0.3, -0.25) is 4.79 Å². The molecule has 0 radical (unpaired) electrons. The molecule has 2 aliphatic heterocycles. The Morgan fingerprint density at radius 1 is 1.03 bits per heavy atom. The molecule has 0 bridgehead atoms. The maximum absolute atomic E-state index is 13.3. The number of para-hydroxylation sites is 1. The summed E-state index contributed by atoms with van der Waals surface area (Å²) in [6.07, 6.45) is -2.58. The van der Waals surface area contributed by atoms with Crippen molar-refractivity contribution in [3.63, 3.8) is 0 Å². The van der Waals surface area contributed by atoms with Crippen molar-refractivity contribution in [2.75, 3.05) is 54.5 Å². The Kier molecular flexibility index (Phi) is 5.85. The Morgan fingerprint density at radius 2 is 1.80 bits per heavy atom. The van der Waals surface area contributed by atoms with Crippen molar-refractivity contribution in [2.45, 2.75) is 19.0 Å². The van der Waals surface area contributed by atoms with Gasteiger partial charge in [0.15, 0.2) is 0 Å². The number of halogens is 3. The monoisotopic (exact) mass is 419 g/mol. The number of carbonyl (C=O) groups excluding carboxylic acids is 1. The lowest BCUT2D eigenvalue weighted by Crippen LogP contribution is -2.38. The molecule has 1 N–H and O–H groups in total. The topological polar surface area (TPSA) is 44.8 Å². The number of rotatable bonds is 4. The number of alkyl halides is 3. The summed E-state index contributed by atoms with van der Waals surface area (Å²) in [5.41, 5.74) is 2.18. The second-order valence-corrected chi connectivity index (χ2v) is 7.53. The van der Waals surface area contributed by atoms with Crippen LogP contribution in [-0.4, -0.2) is 45.3 Å². The van der Waals surface area contributed by atoms with E-state index in [1.807, 2.05) is 34.1 Å². The molecule has 2 aromatic carbocycles. The quantitative estimate of drug-likeness (QED) is 0.816. The maximum atomic E-state index is 13.3. The van der Waals surface area contributed by atoms with Gasteiger partial charge in [0, 0.05) is 25.3 Å². The van der Waals surface area contributed by atoms with Gasteiger partial charge in [0.1, 0.15) is 0 Å². The molecule has 0 aliphatic carbocycles. The first-order chi connectivity index (χ1) is 14.4. The Balaban J connectivity index is 1.56. The predicted molar refractivity (Wildman–Crippen MR) is 110 cm³/mol. The van der Waals surface area contributed by atoms with Crippen LogP contribution in [-0.2, 0) is 22.1 Å². The fourth-order valence-corrected chi connectivity index (χ4v) is 4.03. The van der Waals surface area contributed by atoms with Crippen LogP contribution >= 0.6 is 0 Å². The normalized spacial score (nSPS) is 16.9. The predicted octanol–water partition coefficient (Wildman–Crippen LogP) is 3.93. The van der Waals surface area contributed by atoms with Crippen LogP contribution in [0.5, 0.6) is 0 Å². The maximum Gasteiger partial charge on any atom is 0.416 e. The summed E-state index contributed by atoms with van der Waals surface area (Å²) < 4.78 is 45.1. The first-order valence-corrected chi connectivity index (χ1v) is 10.1. The molecule has 2 aromatic rings. The number of amides is 1. The van der Waals surface area contributed by atoms with Crippen molar-refractivity contribution in [3.05, 3.63) is 53.6 Å². The van der Waals surface area contributed by atoms with E-state index in [1.54, 1.807) is 0 Å². The fraction of sp³-hybridized carbons (Fsp3) is 0.409. The van der Waals surface area contributed by atoms with E-state index >= 15 is 0 Å². The molecule has 8 heteroatoms. The average Bonchev–Trinajstić information content (AvgIpc) is 2.74. The van der Waals surface area contributed by atoms with Crippen LogP contribution < -0.4 is 15.1 Å². The molecule has 0 atom stereocenters. The van der Waals surface area contributed by atoms with Crippen molar-refractivity contribution in [3.8, 4) is 0 Å². The van der Waals surface area contributed by atoms with Crippen molar-refractivity contribution >= 4 is 23.0 Å². The molecule has 0 spiro atoms. The molecular formula is C22H24F3N3O2. The number of nitrogens with one attached hydrogen (secondary N) is 1. The van der Waals surface area contributed by atoms with E-state index in [0.29, 0.717) is 32.0 Å². The number of aryl methyl sites for hydroxylation is 1. The Labute approximate surface area is 173 Å². The van der Waals surface area contributed by atoms with Crippen molar-refractivity contribution in [2.24, 2.45) is 0 Å². The lowest BCUT2D eigenvalue weighted by atomic mass is 10.0. The zero-order valence-electron chi connectivity index (χ0n) is 16.5. The third kappa shape index (κ3) is 4.53. The molecule has 1 saturated heterocycles. The second-order valence-electron chi connectivity index (χ2n) is 7.53. The van der Waals surface area contributed by atoms with Gasteiger partial charge in [0.2, 0.25) is 5.91 Å². The summed E-state index contributed by atoms with van der Waals surface area (Å²) >= 11 is 0. The zero-order valence-corrected chi connectivity index (χ0v) is 16.5. The first kappa shape index (κ1) is 20.5. The summed E-state index contributed by atoms with van der Waals surface area (Å²) in [6, 6.07) is 11.4. The van der Waals surface area contributed by atoms with E-state index in [0.717, 1.165) is 37.2 Å². The van der Waals surface area contributed by atoms with Gasteiger partial charge in [-0.05, 0) is 42.7 Å². The molecule has 5 nitrogen and oxygen atoms in total. The number of nitrogens with zero attached hydrogens (tertiary/aromatic N) is 2. The fourth-order valence-electron chi connectivity index (χ4n) is 4.03. The van der Waals surface area contributed by atoms with Gasteiger partial charge in [-0.25, -0.2) is 0 Å². The average molecular weight is 419 g/mol. The van der Waals surface area contributed by atoms with Gasteiger partial charge in [0.05, 0.1) is 36.7 Å². The third-order valence-corrected chi connectivity index (χ3v) is 5.49. The number of fused-ring (bicyclic) bond motifs is 1. The zero-order chi connectivity index (χ0) is 21.1. The van der Waals surface area contributed by atoms with Crippen LogP contribution in [0, 0.1) is 0 Å². The van der Waals surface area contributed by atoms with E-state index in [9.17, 15) is 18.0 Å². The van der Waals surface area contributed by atoms with Gasteiger partial charge in [-0.15, -0.1) is 0 Å². The summed E-state index contributed by atoms with van der Waals surface area (Å²) in [5, 5.41) is 2.74. The minimum Gasteiger partial charge on any atom is -0.378 e. The highest BCUT2D eigenvalue weighted by atomic mass is 19.4. The molecule has 4 rings (SSSR count). The van der Waals surface area contributed by atoms with Crippen LogP contribution in [0.25, 0.3) is 0 Å². The molecule has 30 heavy (non-hydrogen) atoms. The van der Waals surface area contributed by atoms with Crippen LogP contribution in [0.3, 0.4) is 0 Å². The Morgan fingerprint density at radius 3 is 2.57 bits per heavy atom. The molecule has 0 unspecified atom stereocenters. The standard InChI is InChI=1S/C22H24F3N3O2/c23-22(24,25)17-7-8-20(27-10-12-30-13-11-27)18(14-17)26-21(29)15-28-9-3-5-16-4-1-2-6-19(16)28/h1-2,4,6-8,14H,3,5,9-13,15H2,(H,26,29). The molecular weight excluding hydrogens is 395 g/mol. The summed E-state index contributed by atoms with van der Waals surface area (Å²) in [7, 11) is 0. The molecule has 1 fully saturated rings. The van der Waals surface area contributed by atoms with Crippen molar-refractivity contribution in [1.29, 1.82) is 0 Å². The third-order valence-electron chi connectivity index (χ3n) is 5.49. The Hall–Kier alpha value is -2.74. The summed E-state index contributed by atoms with van der Waals surface area (Å²) in [6.45, 7) is 2.96. The summed E-state index contributed by atoms with van der Waals surface area (Å²) in [5.74, 6) is -0.333. The number of benzene rings is 2. The first-order valence-electron chi connectivity index (χ1n) is 10.1. The van der Waals surface area contributed by atoms with Gasteiger partial charge in [-0.1, -0.05) is 18.2 Å². The number of morpholine rings is 1. The highest BCUT2D eigenvalue weighted by Crippen LogP contribution is 2.36. The number of hydrogen-bond donors (Lipinski definition) is 1. The summed E-state index contributed by atoms with van der Waals surface area (Å²) in [4.78, 5) is 16.7. The van der Waals surface area contributed by atoms with Gasteiger partial charge < -0.3 is 19.9 Å². The molecule has 2 aliphatic rings. The van der Waals surface area contributed by atoms with E-state index < -0.39 is 11.7 Å². The van der Waals surface area contributed by atoms with Crippen LogP contribution in [0.2, 0.25) is 0 Å². The molecule has 0 aromatic heterocycles. The van der Waals surface area contributed by atoms with Gasteiger partial charge in [0.25, 0.3) is 0 Å². The smallest absolute Gasteiger partial charge is 0.378 e. The SMILES string of the molecule is O=C(CN1CCCc2ccccc21)Nc1cc(C(F)(F)F)ccc1N1CCOCC1. The second kappa shape index (κ2) is 8.55. The number of hydrogen-bond acceptors (Lipinski definition) is 4. The van der Waals surface area contributed by atoms with Crippen LogP contribution in [0.1, 0.15) is 17.5 Å². The van der Waals surface area contributed by atoms with Crippen molar-refractivity contribution in [1.82, 2.24) is 0 Å². The number of carbonyl (C=O) groups is 1. The highest BCUT2D eigenvalue weighted by molar-refractivity contribution is 5.97. The molecule has 0 saturated carbocycles. The highest BCUT2D eigenvalue weighted by Gasteiger charge is 2.32. The minimum absolute atomic E-state index is 0.0931.